The third-order valence-electron chi connectivity index (χ3n) is 1.73. The molecular formula is C8H12Cl2Si. The third-order valence-corrected chi connectivity index (χ3v) is 4.00. The third kappa shape index (κ3) is 3.99. The van der Waals surface area contributed by atoms with E-state index in [1.807, 2.05) is 6.55 Å². The molecule has 1 rings (SSSR count). The van der Waals surface area contributed by atoms with Gasteiger partial charge in [0.2, 0.25) is 6.69 Å². The van der Waals surface area contributed by atoms with Gasteiger partial charge in [-0.3, -0.25) is 0 Å². The lowest BCUT2D eigenvalue weighted by atomic mass is 10.2. The van der Waals surface area contributed by atoms with E-state index in [1.54, 1.807) is 0 Å². The van der Waals surface area contributed by atoms with Gasteiger partial charge in [0.25, 0.3) is 0 Å². The Morgan fingerprint density at radius 1 is 1.55 bits per heavy atom. The number of allylic oxidation sites excluding steroid dienone is 4. The van der Waals surface area contributed by atoms with Crippen LogP contribution < -0.4 is 0 Å². The van der Waals surface area contributed by atoms with E-state index in [4.69, 9.17) is 22.2 Å². The Morgan fingerprint density at radius 2 is 2.27 bits per heavy atom. The van der Waals surface area contributed by atoms with Gasteiger partial charge in [-0.05, 0) is 25.4 Å². The summed E-state index contributed by atoms with van der Waals surface area (Å²) in [5.74, 6) is 0. The van der Waals surface area contributed by atoms with Crippen LogP contribution in [-0.4, -0.2) is 6.69 Å². The van der Waals surface area contributed by atoms with Crippen LogP contribution in [0.2, 0.25) is 12.6 Å². The zero-order valence-corrected chi connectivity index (χ0v) is 9.12. The molecule has 0 aromatic carbocycles. The van der Waals surface area contributed by atoms with Crippen molar-refractivity contribution >= 4 is 28.9 Å². The SMILES string of the molecule is C[Si](Cl)(Cl)CCC1=CC=CC1. The first-order chi connectivity index (χ1) is 5.08. The van der Waals surface area contributed by atoms with Crippen LogP contribution >= 0.6 is 22.2 Å². The van der Waals surface area contributed by atoms with Gasteiger partial charge in [-0.15, -0.1) is 22.2 Å². The van der Waals surface area contributed by atoms with Crippen molar-refractivity contribution in [3.05, 3.63) is 23.8 Å². The zero-order valence-electron chi connectivity index (χ0n) is 6.61. The molecule has 0 N–H and O–H groups in total. The molecule has 0 heterocycles. The fourth-order valence-corrected chi connectivity index (χ4v) is 2.38. The summed E-state index contributed by atoms with van der Waals surface area (Å²) in [7, 11) is 0. The van der Waals surface area contributed by atoms with Crippen LogP contribution in [0.15, 0.2) is 23.8 Å². The van der Waals surface area contributed by atoms with Crippen LogP contribution in [0.1, 0.15) is 12.8 Å². The molecule has 0 amide bonds. The predicted octanol–water partition coefficient (Wildman–Crippen LogP) is 3.81. The van der Waals surface area contributed by atoms with E-state index in [1.165, 1.54) is 5.57 Å². The highest BCUT2D eigenvalue weighted by Gasteiger charge is 2.20. The normalized spacial score (nSPS) is 17.2. The predicted molar refractivity (Wildman–Crippen MR) is 54.6 cm³/mol. The fraction of sp³-hybridized carbons (Fsp3) is 0.500. The lowest BCUT2D eigenvalue weighted by Gasteiger charge is -2.09. The molecule has 0 spiro atoms. The van der Waals surface area contributed by atoms with Crippen molar-refractivity contribution in [3.8, 4) is 0 Å². The summed E-state index contributed by atoms with van der Waals surface area (Å²) in [4.78, 5) is 0. The Hall–Kier alpha value is 0.277. The Labute approximate surface area is 78.3 Å². The lowest BCUT2D eigenvalue weighted by Crippen LogP contribution is -2.11. The molecule has 0 aromatic rings. The van der Waals surface area contributed by atoms with Crippen LogP contribution in [0.3, 0.4) is 0 Å². The first-order valence-electron chi connectivity index (χ1n) is 3.80. The van der Waals surface area contributed by atoms with Crippen molar-refractivity contribution in [1.82, 2.24) is 0 Å². The van der Waals surface area contributed by atoms with Crippen molar-refractivity contribution in [2.75, 3.05) is 0 Å². The van der Waals surface area contributed by atoms with Gasteiger partial charge < -0.3 is 0 Å². The fourth-order valence-electron chi connectivity index (χ4n) is 1.06. The van der Waals surface area contributed by atoms with E-state index in [2.05, 4.69) is 18.2 Å². The second-order valence-corrected chi connectivity index (χ2v) is 11.3. The van der Waals surface area contributed by atoms with Crippen molar-refractivity contribution in [3.63, 3.8) is 0 Å². The van der Waals surface area contributed by atoms with Gasteiger partial charge in [0, 0.05) is 0 Å². The Bertz CT molecular complexity index is 189. The molecular weight excluding hydrogens is 195 g/mol. The molecule has 62 valence electrons. The van der Waals surface area contributed by atoms with Crippen molar-refractivity contribution in [2.45, 2.75) is 25.4 Å². The lowest BCUT2D eigenvalue weighted by molar-refractivity contribution is 1.04. The summed E-state index contributed by atoms with van der Waals surface area (Å²) in [5, 5.41) is 0. The molecule has 0 unspecified atom stereocenters. The minimum absolute atomic E-state index is 0.976. The van der Waals surface area contributed by atoms with Gasteiger partial charge in [-0.1, -0.05) is 23.8 Å². The molecule has 0 saturated carbocycles. The maximum atomic E-state index is 5.97. The highest BCUT2D eigenvalue weighted by Crippen LogP contribution is 2.26. The number of hydrogen-bond donors (Lipinski definition) is 0. The molecule has 0 aliphatic heterocycles. The van der Waals surface area contributed by atoms with Crippen LogP contribution in [0.25, 0.3) is 0 Å². The number of rotatable bonds is 3. The van der Waals surface area contributed by atoms with Crippen LogP contribution in [0.4, 0.5) is 0 Å². The first-order valence-corrected chi connectivity index (χ1v) is 8.53. The molecule has 0 radical (unpaired) electrons. The van der Waals surface area contributed by atoms with E-state index in [9.17, 15) is 0 Å². The van der Waals surface area contributed by atoms with Gasteiger partial charge in [-0.2, -0.15) is 0 Å². The first kappa shape index (κ1) is 9.37. The molecule has 0 saturated heterocycles. The van der Waals surface area contributed by atoms with Gasteiger partial charge in [-0.25, -0.2) is 0 Å². The maximum Gasteiger partial charge on any atom is 0.248 e. The minimum Gasteiger partial charge on any atom is -0.146 e. The molecule has 0 nitrogen and oxygen atoms in total. The Morgan fingerprint density at radius 3 is 2.73 bits per heavy atom. The number of hydrogen-bond acceptors (Lipinski definition) is 0. The van der Waals surface area contributed by atoms with Crippen molar-refractivity contribution < 1.29 is 0 Å². The quantitative estimate of drug-likeness (QED) is 0.487. The van der Waals surface area contributed by atoms with Crippen LogP contribution in [0.5, 0.6) is 0 Å². The smallest absolute Gasteiger partial charge is 0.146 e. The van der Waals surface area contributed by atoms with Gasteiger partial charge >= 0.3 is 0 Å². The standard InChI is InChI=1S/C8H12Cl2Si/c1-11(9,10)7-6-8-4-2-3-5-8/h2-4H,5-7H2,1H3. The van der Waals surface area contributed by atoms with E-state index in [-0.39, 0.29) is 0 Å². The van der Waals surface area contributed by atoms with Gasteiger partial charge in [0.05, 0.1) is 0 Å². The minimum atomic E-state index is -1.85. The molecule has 11 heavy (non-hydrogen) atoms. The van der Waals surface area contributed by atoms with Crippen LogP contribution in [-0.2, 0) is 0 Å². The Balaban J connectivity index is 2.23. The van der Waals surface area contributed by atoms with E-state index >= 15 is 0 Å². The molecule has 3 heteroatoms. The molecule has 1 aliphatic carbocycles. The second-order valence-electron chi connectivity index (χ2n) is 3.03. The molecule has 0 atom stereocenters. The number of halogens is 2. The highest BCUT2D eigenvalue weighted by molar-refractivity contribution is 7.44. The molecule has 0 bridgehead atoms. The summed E-state index contributed by atoms with van der Waals surface area (Å²) < 4.78 is 0. The summed E-state index contributed by atoms with van der Waals surface area (Å²) >= 11 is 11.9. The van der Waals surface area contributed by atoms with E-state index < -0.39 is 6.69 Å². The molecule has 0 aromatic heterocycles. The monoisotopic (exact) mass is 206 g/mol. The van der Waals surface area contributed by atoms with Gasteiger partial charge in [0.1, 0.15) is 0 Å². The molecule has 0 fully saturated rings. The summed E-state index contributed by atoms with van der Waals surface area (Å²) in [5.41, 5.74) is 1.46. The topological polar surface area (TPSA) is 0 Å². The summed E-state index contributed by atoms with van der Waals surface area (Å²) in [6.07, 6.45) is 8.59. The average Bonchev–Trinajstić information content (AvgIpc) is 2.32. The van der Waals surface area contributed by atoms with Crippen molar-refractivity contribution in [2.24, 2.45) is 0 Å². The zero-order chi connectivity index (χ0) is 8.32. The highest BCUT2D eigenvalue weighted by atomic mass is 35.7. The maximum absolute atomic E-state index is 5.97. The van der Waals surface area contributed by atoms with E-state index in [0.717, 1.165) is 18.9 Å². The molecule has 1 aliphatic rings. The van der Waals surface area contributed by atoms with Crippen LogP contribution in [0, 0.1) is 0 Å². The van der Waals surface area contributed by atoms with Gasteiger partial charge in [0.15, 0.2) is 0 Å². The Kier molecular flexibility index (Phi) is 3.23. The average molecular weight is 207 g/mol. The van der Waals surface area contributed by atoms with Crippen molar-refractivity contribution in [1.29, 1.82) is 0 Å². The summed E-state index contributed by atoms with van der Waals surface area (Å²) in [6, 6.07) is 0.976. The van der Waals surface area contributed by atoms with E-state index in [0.29, 0.717) is 0 Å². The largest absolute Gasteiger partial charge is 0.248 e. The summed E-state index contributed by atoms with van der Waals surface area (Å²) in [6.45, 7) is 0.122. The second kappa shape index (κ2) is 3.79.